The van der Waals surface area contributed by atoms with Gasteiger partial charge in [0.25, 0.3) is 0 Å². The number of carbonyl (C=O) groups excluding carboxylic acids is 1. The molecule has 0 radical (unpaired) electrons. The van der Waals surface area contributed by atoms with Gasteiger partial charge in [-0.05, 0) is 39.0 Å². The summed E-state index contributed by atoms with van der Waals surface area (Å²) < 4.78 is 38.2. The summed E-state index contributed by atoms with van der Waals surface area (Å²) in [5, 5.41) is 3.56. The first-order valence-corrected chi connectivity index (χ1v) is 8.96. The number of nitrogens with one attached hydrogen (secondary N) is 1. The molecule has 0 saturated carbocycles. The summed E-state index contributed by atoms with van der Waals surface area (Å²) in [7, 11) is 0. The fraction of sp³-hybridized carbons (Fsp3) is 0.588. The van der Waals surface area contributed by atoms with Crippen LogP contribution in [0.2, 0.25) is 10.0 Å². The zero-order valence-electron chi connectivity index (χ0n) is 14.8. The number of nitrogens with zero attached hydrogens (tertiary/aromatic N) is 2. The Hall–Kier alpha value is -1.02. The van der Waals surface area contributed by atoms with Gasteiger partial charge in [0.15, 0.2) is 0 Å². The maximum atomic E-state index is 12.7. The third-order valence-electron chi connectivity index (χ3n) is 4.53. The predicted molar refractivity (Wildman–Crippen MR) is 97.8 cm³/mol. The molecular formula is C17H22Cl2F3N3O. The van der Waals surface area contributed by atoms with Gasteiger partial charge in [-0.15, -0.1) is 0 Å². The molecule has 1 saturated heterocycles. The fourth-order valence-corrected chi connectivity index (χ4v) is 3.63. The lowest BCUT2D eigenvalue weighted by atomic mass is 9.97. The SMILES string of the molecule is CC(C(=O)Nc1cc(Cl)cc(Cl)c1)N1CCN(CC(F)(F)F)C(C)(C)C1. The second-order valence-electron chi connectivity index (χ2n) is 7.14. The Morgan fingerprint density at radius 2 is 1.81 bits per heavy atom. The monoisotopic (exact) mass is 411 g/mol. The zero-order valence-corrected chi connectivity index (χ0v) is 16.3. The second-order valence-corrected chi connectivity index (χ2v) is 8.02. The third kappa shape index (κ3) is 5.74. The highest BCUT2D eigenvalue weighted by Gasteiger charge is 2.42. The van der Waals surface area contributed by atoms with Gasteiger partial charge in [-0.3, -0.25) is 14.6 Å². The van der Waals surface area contributed by atoms with E-state index in [0.29, 0.717) is 28.8 Å². The number of alkyl halides is 3. The first-order chi connectivity index (χ1) is 11.9. The molecule has 0 spiro atoms. The molecule has 0 bridgehead atoms. The quantitative estimate of drug-likeness (QED) is 0.802. The lowest BCUT2D eigenvalue weighted by Gasteiger charge is -2.48. The Morgan fingerprint density at radius 1 is 1.23 bits per heavy atom. The van der Waals surface area contributed by atoms with E-state index in [9.17, 15) is 18.0 Å². The summed E-state index contributed by atoms with van der Waals surface area (Å²) in [4.78, 5) is 15.8. The number of benzene rings is 1. The molecular weight excluding hydrogens is 390 g/mol. The summed E-state index contributed by atoms with van der Waals surface area (Å²) in [6.45, 7) is 5.27. The van der Waals surface area contributed by atoms with Gasteiger partial charge in [0.2, 0.25) is 5.91 Å². The Balaban J connectivity index is 2.01. The van der Waals surface area contributed by atoms with E-state index in [0.717, 1.165) is 0 Å². The highest BCUT2D eigenvalue weighted by atomic mass is 35.5. The molecule has 1 aliphatic rings. The summed E-state index contributed by atoms with van der Waals surface area (Å²) in [5.41, 5.74) is -0.212. The van der Waals surface area contributed by atoms with Gasteiger partial charge in [0.1, 0.15) is 0 Å². The Morgan fingerprint density at radius 3 is 2.31 bits per heavy atom. The molecule has 4 nitrogen and oxygen atoms in total. The lowest BCUT2D eigenvalue weighted by molar-refractivity contribution is -0.166. The van der Waals surface area contributed by atoms with Crippen molar-refractivity contribution < 1.29 is 18.0 Å². The minimum Gasteiger partial charge on any atom is -0.325 e. The first kappa shape index (κ1) is 21.3. The molecule has 1 aromatic rings. The van der Waals surface area contributed by atoms with E-state index < -0.39 is 24.3 Å². The molecule has 1 aliphatic heterocycles. The van der Waals surface area contributed by atoms with Crippen LogP contribution in [0.3, 0.4) is 0 Å². The number of rotatable bonds is 4. The minimum absolute atomic E-state index is 0.243. The molecule has 0 aromatic heterocycles. The van der Waals surface area contributed by atoms with E-state index in [1.54, 1.807) is 39.0 Å². The van der Waals surface area contributed by atoms with Gasteiger partial charge < -0.3 is 5.32 Å². The van der Waals surface area contributed by atoms with Crippen LogP contribution in [0.4, 0.5) is 18.9 Å². The molecule has 2 rings (SSSR count). The van der Waals surface area contributed by atoms with Crippen LogP contribution in [0.15, 0.2) is 18.2 Å². The Kier molecular flexibility index (Phi) is 6.48. The summed E-state index contributed by atoms with van der Waals surface area (Å²) >= 11 is 11.8. The van der Waals surface area contributed by atoms with E-state index in [4.69, 9.17) is 23.2 Å². The van der Waals surface area contributed by atoms with Crippen LogP contribution in [0.25, 0.3) is 0 Å². The molecule has 1 atom stereocenters. The van der Waals surface area contributed by atoms with Crippen molar-refractivity contribution >= 4 is 34.8 Å². The van der Waals surface area contributed by atoms with Crippen molar-refractivity contribution in [3.63, 3.8) is 0 Å². The highest BCUT2D eigenvalue weighted by Crippen LogP contribution is 2.28. The number of anilines is 1. The molecule has 146 valence electrons. The third-order valence-corrected chi connectivity index (χ3v) is 4.97. The Bertz CT molecular complexity index is 647. The maximum Gasteiger partial charge on any atom is 0.401 e. The van der Waals surface area contributed by atoms with Gasteiger partial charge in [-0.1, -0.05) is 23.2 Å². The standard InChI is InChI=1S/C17H22Cl2F3N3O/c1-11(15(26)23-14-7-12(18)6-13(19)8-14)24-4-5-25(10-17(20,21)22)16(2,3)9-24/h6-8,11H,4-5,9-10H2,1-3H3,(H,23,26). The van der Waals surface area contributed by atoms with Gasteiger partial charge in [0.05, 0.1) is 12.6 Å². The smallest absolute Gasteiger partial charge is 0.325 e. The molecule has 0 aliphatic carbocycles. The molecule has 1 unspecified atom stereocenters. The van der Waals surface area contributed by atoms with Gasteiger partial charge in [0, 0.05) is 40.9 Å². The van der Waals surface area contributed by atoms with Crippen molar-refractivity contribution in [1.82, 2.24) is 9.80 Å². The number of carbonyl (C=O) groups is 1. The number of hydrogen-bond donors (Lipinski definition) is 1. The van der Waals surface area contributed by atoms with E-state index in [-0.39, 0.29) is 12.5 Å². The van der Waals surface area contributed by atoms with Crippen LogP contribution in [-0.2, 0) is 4.79 Å². The first-order valence-electron chi connectivity index (χ1n) is 8.20. The normalized spacial score (nSPS) is 20.0. The predicted octanol–water partition coefficient (Wildman–Crippen LogP) is 4.28. The number of halogens is 5. The van der Waals surface area contributed by atoms with Crippen molar-refractivity contribution in [2.75, 3.05) is 31.5 Å². The highest BCUT2D eigenvalue weighted by molar-refractivity contribution is 6.35. The van der Waals surface area contributed by atoms with Crippen LogP contribution >= 0.6 is 23.2 Å². The van der Waals surface area contributed by atoms with Crippen molar-refractivity contribution in [3.05, 3.63) is 28.2 Å². The molecule has 1 fully saturated rings. The van der Waals surface area contributed by atoms with Crippen LogP contribution in [0.5, 0.6) is 0 Å². The average molecular weight is 412 g/mol. The van der Waals surface area contributed by atoms with Crippen LogP contribution in [0.1, 0.15) is 20.8 Å². The van der Waals surface area contributed by atoms with Gasteiger partial charge >= 0.3 is 6.18 Å². The number of piperazine rings is 1. The van der Waals surface area contributed by atoms with Crippen LogP contribution < -0.4 is 5.32 Å². The molecule has 1 heterocycles. The Labute approximate surface area is 161 Å². The minimum atomic E-state index is -4.24. The molecule has 1 aromatic carbocycles. The van der Waals surface area contributed by atoms with Crippen molar-refractivity contribution in [1.29, 1.82) is 0 Å². The van der Waals surface area contributed by atoms with Crippen LogP contribution in [-0.4, -0.2) is 59.6 Å². The van der Waals surface area contributed by atoms with Crippen molar-refractivity contribution in [2.24, 2.45) is 0 Å². The van der Waals surface area contributed by atoms with Crippen molar-refractivity contribution in [2.45, 2.75) is 38.5 Å². The van der Waals surface area contributed by atoms with Gasteiger partial charge in [-0.25, -0.2) is 0 Å². The van der Waals surface area contributed by atoms with Crippen molar-refractivity contribution in [3.8, 4) is 0 Å². The summed E-state index contributed by atoms with van der Waals surface area (Å²) in [6, 6.07) is 4.23. The summed E-state index contributed by atoms with van der Waals surface area (Å²) in [6.07, 6.45) is -4.24. The van der Waals surface area contributed by atoms with E-state index >= 15 is 0 Å². The maximum absolute atomic E-state index is 12.7. The fourth-order valence-electron chi connectivity index (χ4n) is 3.11. The lowest BCUT2D eigenvalue weighted by Crippen LogP contribution is -2.63. The largest absolute Gasteiger partial charge is 0.401 e. The number of amides is 1. The molecule has 26 heavy (non-hydrogen) atoms. The summed E-state index contributed by atoms with van der Waals surface area (Å²) in [5.74, 6) is -0.261. The average Bonchev–Trinajstić information content (AvgIpc) is 2.46. The molecule has 1 N–H and O–H groups in total. The van der Waals surface area contributed by atoms with E-state index in [1.807, 2.05) is 4.90 Å². The molecule has 1 amide bonds. The van der Waals surface area contributed by atoms with Crippen LogP contribution in [0, 0.1) is 0 Å². The van der Waals surface area contributed by atoms with E-state index in [1.165, 1.54) is 4.90 Å². The molecule has 9 heteroatoms. The zero-order chi connectivity index (χ0) is 19.7. The second kappa shape index (κ2) is 7.92. The number of hydrogen-bond acceptors (Lipinski definition) is 3. The van der Waals surface area contributed by atoms with E-state index in [2.05, 4.69) is 5.32 Å². The topological polar surface area (TPSA) is 35.6 Å². The van der Waals surface area contributed by atoms with Gasteiger partial charge in [-0.2, -0.15) is 13.2 Å².